The van der Waals surface area contributed by atoms with Crippen molar-refractivity contribution in [3.8, 4) is 0 Å². The van der Waals surface area contributed by atoms with Crippen LogP contribution >= 0.6 is 0 Å². The maximum atomic E-state index is 12.0. The van der Waals surface area contributed by atoms with Crippen molar-refractivity contribution in [1.29, 1.82) is 0 Å². The van der Waals surface area contributed by atoms with Gasteiger partial charge in [0.05, 0.1) is 11.4 Å². The predicted molar refractivity (Wildman–Crippen MR) is 61.6 cm³/mol. The molecule has 2 N–H and O–H groups in total. The molecule has 0 aromatic heterocycles. The lowest BCUT2D eigenvalue weighted by molar-refractivity contribution is -0.119. The lowest BCUT2D eigenvalue weighted by atomic mass is 10.2. The van der Waals surface area contributed by atoms with Crippen LogP contribution in [0.3, 0.4) is 0 Å². The Labute approximate surface area is 89.9 Å². The van der Waals surface area contributed by atoms with Crippen molar-refractivity contribution in [1.82, 2.24) is 0 Å². The Morgan fingerprint density at radius 3 is 2.67 bits per heavy atom. The van der Waals surface area contributed by atoms with E-state index in [4.69, 9.17) is 5.73 Å². The molecule has 0 radical (unpaired) electrons. The van der Waals surface area contributed by atoms with Gasteiger partial charge in [-0.3, -0.25) is 4.79 Å². The van der Waals surface area contributed by atoms with Crippen LogP contribution in [0, 0.1) is 5.92 Å². The van der Waals surface area contributed by atoms with E-state index in [9.17, 15) is 4.79 Å². The molecule has 3 nitrogen and oxygen atoms in total. The Morgan fingerprint density at radius 2 is 2.13 bits per heavy atom. The van der Waals surface area contributed by atoms with Crippen molar-refractivity contribution in [2.45, 2.75) is 19.8 Å². The summed E-state index contributed by atoms with van der Waals surface area (Å²) in [5, 5.41) is 0. The molecule has 3 heteroatoms. The molecule has 0 atom stereocenters. The van der Waals surface area contributed by atoms with Crippen LogP contribution in [0.25, 0.3) is 0 Å². The topological polar surface area (TPSA) is 46.3 Å². The van der Waals surface area contributed by atoms with Gasteiger partial charge >= 0.3 is 0 Å². The maximum Gasteiger partial charge on any atom is 0.230 e. The van der Waals surface area contributed by atoms with Crippen LogP contribution in [-0.2, 0) is 4.79 Å². The number of benzene rings is 1. The summed E-state index contributed by atoms with van der Waals surface area (Å²) < 4.78 is 0. The molecule has 0 saturated heterocycles. The van der Waals surface area contributed by atoms with Crippen molar-refractivity contribution < 1.29 is 4.79 Å². The molecule has 2 rings (SSSR count). The lowest BCUT2D eigenvalue weighted by Crippen LogP contribution is -2.32. The van der Waals surface area contributed by atoms with Gasteiger partial charge in [-0.1, -0.05) is 12.1 Å². The molecule has 1 saturated carbocycles. The number of hydrogen-bond acceptors (Lipinski definition) is 2. The zero-order chi connectivity index (χ0) is 10.8. The monoisotopic (exact) mass is 204 g/mol. The molecular weight excluding hydrogens is 188 g/mol. The van der Waals surface area contributed by atoms with Gasteiger partial charge in [-0.25, -0.2) is 0 Å². The van der Waals surface area contributed by atoms with E-state index in [1.165, 1.54) is 0 Å². The van der Waals surface area contributed by atoms with E-state index in [1.54, 1.807) is 4.90 Å². The number of hydrogen-bond donors (Lipinski definition) is 1. The van der Waals surface area contributed by atoms with Crippen LogP contribution in [0.5, 0.6) is 0 Å². The first kappa shape index (κ1) is 10.0. The summed E-state index contributed by atoms with van der Waals surface area (Å²) in [6.07, 6.45) is 2.06. The van der Waals surface area contributed by atoms with E-state index in [2.05, 4.69) is 0 Å². The van der Waals surface area contributed by atoms with Crippen LogP contribution in [0.2, 0.25) is 0 Å². The molecule has 0 unspecified atom stereocenters. The van der Waals surface area contributed by atoms with Gasteiger partial charge in [0.15, 0.2) is 0 Å². The summed E-state index contributed by atoms with van der Waals surface area (Å²) in [5.41, 5.74) is 7.38. The zero-order valence-electron chi connectivity index (χ0n) is 8.94. The number of anilines is 2. The second-order valence-electron chi connectivity index (χ2n) is 3.92. The molecule has 80 valence electrons. The maximum absolute atomic E-state index is 12.0. The molecule has 1 aliphatic carbocycles. The van der Waals surface area contributed by atoms with Gasteiger partial charge in [-0.05, 0) is 31.9 Å². The molecule has 1 amide bonds. The van der Waals surface area contributed by atoms with Crippen molar-refractivity contribution in [3.05, 3.63) is 24.3 Å². The summed E-state index contributed by atoms with van der Waals surface area (Å²) in [5.74, 6) is 0.458. The Kier molecular flexibility index (Phi) is 2.62. The van der Waals surface area contributed by atoms with Crippen molar-refractivity contribution in [3.63, 3.8) is 0 Å². The van der Waals surface area contributed by atoms with E-state index in [0.717, 1.165) is 18.5 Å². The van der Waals surface area contributed by atoms with Gasteiger partial charge in [-0.15, -0.1) is 0 Å². The summed E-state index contributed by atoms with van der Waals surface area (Å²) in [6.45, 7) is 2.66. The van der Waals surface area contributed by atoms with Crippen molar-refractivity contribution in [2.24, 2.45) is 5.92 Å². The quantitative estimate of drug-likeness (QED) is 0.766. The van der Waals surface area contributed by atoms with Crippen molar-refractivity contribution >= 4 is 17.3 Å². The second kappa shape index (κ2) is 3.93. The molecule has 0 aliphatic heterocycles. The van der Waals surface area contributed by atoms with Gasteiger partial charge < -0.3 is 10.6 Å². The SMILES string of the molecule is CCN(C(=O)C1CC1)c1ccccc1N. The normalized spacial score (nSPS) is 15.0. The third-order valence-corrected chi connectivity index (χ3v) is 2.74. The summed E-state index contributed by atoms with van der Waals surface area (Å²) in [7, 11) is 0. The highest BCUT2D eigenvalue weighted by Gasteiger charge is 2.33. The van der Waals surface area contributed by atoms with E-state index in [0.29, 0.717) is 12.2 Å². The van der Waals surface area contributed by atoms with Gasteiger partial charge in [0.1, 0.15) is 0 Å². The van der Waals surface area contributed by atoms with Gasteiger partial charge in [0.2, 0.25) is 5.91 Å². The van der Waals surface area contributed by atoms with E-state index >= 15 is 0 Å². The number of amides is 1. The fourth-order valence-electron chi connectivity index (χ4n) is 1.73. The molecule has 1 aromatic carbocycles. The van der Waals surface area contributed by atoms with Crippen LogP contribution in [0.15, 0.2) is 24.3 Å². The second-order valence-corrected chi connectivity index (χ2v) is 3.92. The number of nitrogens with two attached hydrogens (primary N) is 1. The largest absolute Gasteiger partial charge is 0.397 e. The van der Waals surface area contributed by atoms with Crippen molar-refractivity contribution in [2.75, 3.05) is 17.2 Å². The zero-order valence-corrected chi connectivity index (χ0v) is 8.94. The molecule has 1 fully saturated rings. The number of nitrogen functional groups attached to an aromatic ring is 1. The Morgan fingerprint density at radius 1 is 1.47 bits per heavy atom. The smallest absolute Gasteiger partial charge is 0.230 e. The molecule has 0 bridgehead atoms. The summed E-state index contributed by atoms with van der Waals surface area (Å²) in [6, 6.07) is 7.53. The Balaban J connectivity index is 2.25. The lowest BCUT2D eigenvalue weighted by Gasteiger charge is -2.22. The fraction of sp³-hybridized carbons (Fsp3) is 0.417. The van der Waals surface area contributed by atoms with Gasteiger partial charge in [-0.2, -0.15) is 0 Å². The average Bonchev–Trinajstić information content (AvgIpc) is 3.05. The highest BCUT2D eigenvalue weighted by molar-refractivity contribution is 5.98. The minimum absolute atomic E-state index is 0.218. The van der Waals surface area contributed by atoms with Crippen LogP contribution in [0.1, 0.15) is 19.8 Å². The summed E-state index contributed by atoms with van der Waals surface area (Å²) in [4.78, 5) is 13.7. The third-order valence-electron chi connectivity index (χ3n) is 2.74. The first-order chi connectivity index (χ1) is 7.24. The summed E-state index contributed by atoms with van der Waals surface area (Å²) >= 11 is 0. The minimum Gasteiger partial charge on any atom is -0.397 e. The first-order valence-electron chi connectivity index (χ1n) is 5.40. The standard InChI is InChI=1S/C12H16N2O/c1-2-14(12(15)9-7-8-9)11-6-4-3-5-10(11)13/h3-6,9H,2,7-8,13H2,1H3. The Hall–Kier alpha value is -1.51. The third kappa shape index (κ3) is 1.96. The predicted octanol–water partition coefficient (Wildman–Crippen LogP) is 2.03. The van der Waals surface area contributed by atoms with Gasteiger partial charge in [0.25, 0.3) is 0 Å². The first-order valence-corrected chi connectivity index (χ1v) is 5.40. The van der Waals surface area contributed by atoms with E-state index < -0.39 is 0 Å². The number of para-hydroxylation sites is 2. The molecule has 15 heavy (non-hydrogen) atoms. The highest BCUT2D eigenvalue weighted by atomic mass is 16.2. The molecular formula is C12H16N2O. The highest BCUT2D eigenvalue weighted by Crippen LogP contribution is 2.34. The van der Waals surface area contributed by atoms with E-state index in [-0.39, 0.29) is 11.8 Å². The number of carbonyl (C=O) groups is 1. The fourth-order valence-corrected chi connectivity index (χ4v) is 1.73. The number of rotatable bonds is 3. The Bertz CT molecular complexity index is 372. The molecule has 0 heterocycles. The minimum atomic E-state index is 0.218. The van der Waals surface area contributed by atoms with Crippen LogP contribution in [-0.4, -0.2) is 12.5 Å². The number of carbonyl (C=O) groups excluding carboxylic acids is 1. The van der Waals surface area contributed by atoms with Crippen LogP contribution < -0.4 is 10.6 Å². The average molecular weight is 204 g/mol. The van der Waals surface area contributed by atoms with E-state index in [1.807, 2.05) is 31.2 Å². The molecule has 1 aromatic rings. The number of nitrogens with zero attached hydrogens (tertiary/aromatic N) is 1. The van der Waals surface area contributed by atoms with Gasteiger partial charge in [0, 0.05) is 12.5 Å². The molecule has 1 aliphatic rings. The van der Waals surface area contributed by atoms with Crippen LogP contribution in [0.4, 0.5) is 11.4 Å². The molecule has 0 spiro atoms.